The van der Waals surface area contributed by atoms with E-state index in [1.54, 1.807) is 30.2 Å². The second kappa shape index (κ2) is 9.88. The smallest absolute Gasteiger partial charge is 0.326 e. The van der Waals surface area contributed by atoms with Gasteiger partial charge in [0.25, 0.3) is 0 Å². The average Bonchev–Trinajstić information content (AvgIpc) is 3.06. The number of aromatic nitrogens is 3. The Morgan fingerprint density at radius 1 is 1.23 bits per heavy atom. The van der Waals surface area contributed by atoms with Gasteiger partial charge >= 0.3 is 5.97 Å². The van der Waals surface area contributed by atoms with Crippen LogP contribution in [0.2, 0.25) is 0 Å². The number of nitrogens with zero attached hydrogens (tertiary/aromatic N) is 6. The van der Waals surface area contributed by atoms with Crippen molar-refractivity contribution in [3.8, 4) is 6.07 Å². The molecule has 0 bridgehead atoms. The van der Waals surface area contributed by atoms with E-state index in [1.807, 2.05) is 32.8 Å². The van der Waals surface area contributed by atoms with Gasteiger partial charge in [-0.05, 0) is 60.7 Å². The lowest BCUT2D eigenvalue weighted by Crippen LogP contribution is -2.42. The number of carbonyl (C=O) groups is 2. The van der Waals surface area contributed by atoms with Crippen LogP contribution in [0.25, 0.3) is 5.65 Å². The summed E-state index contributed by atoms with van der Waals surface area (Å²) in [5.74, 6) is -0.541. The standard InChI is InChI=1S/C22H32N6O3/c1-15-18(16(2)28-21(25-15)17(12-23)13-24-28)8-9-19(29)27(11-10-26(6)7)14-20(30)31-22(3,4)5/h13H,8-11,14H2,1-7H3. The molecule has 0 spiro atoms. The number of ether oxygens (including phenoxy) is 1. The zero-order chi connectivity index (χ0) is 23.3. The molecule has 9 heteroatoms. The van der Waals surface area contributed by atoms with Crippen molar-refractivity contribution in [3.05, 3.63) is 28.7 Å². The van der Waals surface area contributed by atoms with Gasteiger partial charge in [0.2, 0.25) is 5.91 Å². The van der Waals surface area contributed by atoms with Crippen LogP contribution in [-0.4, -0.2) is 75.6 Å². The summed E-state index contributed by atoms with van der Waals surface area (Å²) in [5, 5.41) is 13.5. The number of amides is 1. The fourth-order valence-electron chi connectivity index (χ4n) is 3.28. The van der Waals surface area contributed by atoms with Crippen molar-refractivity contribution in [3.63, 3.8) is 0 Å². The molecule has 2 aromatic heterocycles. The lowest BCUT2D eigenvalue weighted by molar-refractivity contribution is -0.159. The number of likely N-dealkylation sites (N-methyl/N-ethyl adjacent to an activating group) is 1. The molecule has 0 saturated carbocycles. The first-order valence-corrected chi connectivity index (χ1v) is 10.3. The topological polar surface area (TPSA) is 104 Å². The molecule has 0 unspecified atom stereocenters. The normalized spacial score (nSPS) is 11.6. The van der Waals surface area contributed by atoms with Crippen LogP contribution >= 0.6 is 0 Å². The Balaban J connectivity index is 2.16. The first-order valence-electron chi connectivity index (χ1n) is 10.3. The Hall–Kier alpha value is -2.99. The van der Waals surface area contributed by atoms with E-state index in [9.17, 15) is 14.9 Å². The minimum absolute atomic E-state index is 0.0795. The molecule has 0 aliphatic heterocycles. The minimum Gasteiger partial charge on any atom is -0.459 e. The van der Waals surface area contributed by atoms with E-state index in [0.717, 1.165) is 17.0 Å². The molecule has 1 amide bonds. The molecular formula is C22H32N6O3. The van der Waals surface area contributed by atoms with Gasteiger partial charge in [0.15, 0.2) is 5.65 Å². The molecule has 2 rings (SSSR count). The number of fused-ring (bicyclic) bond motifs is 1. The van der Waals surface area contributed by atoms with Gasteiger partial charge in [-0.25, -0.2) is 9.50 Å². The van der Waals surface area contributed by atoms with Gasteiger partial charge in [-0.3, -0.25) is 9.59 Å². The molecule has 2 heterocycles. The average molecular weight is 429 g/mol. The van der Waals surface area contributed by atoms with E-state index in [1.165, 1.54) is 6.20 Å². The second-order valence-electron chi connectivity index (χ2n) is 8.87. The first-order chi connectivity index (χ1) is 14.4. The summed E-state index contributed by atoms with van der Waals surface area (Å²) in [6.07, 6.45) is 2.19. The molecule has 0 fully saturated rings. The summed E-state index contributed by atoms with van der Waals surface area (Å²) in [7, 11) is 3.84. The number of carbonyl (C=O) groups excluding carboxylic acids is 2. The predicted octanol–water partition coefficient (Wildman–Crippen LogP) is 1.88. The molecule has 0 aliphatic carbocycles. The minimum atomic E-state index is -0.602. The molecule has 0 aliphatic rings. The van der Waals surface area contributed by atoms with Crippen molar-refractivity contribution in [2.45, 2.75) is 53.1 Å². The number of rotatable bonds is 8. The van der Waals surface area contributed by atoms with Crippen LogP contribution in [0.15, 0.2) is 6.20 Å². The monoisotopic (exact) mass is 428 g/mol. The second-order valence-corrected chi connectivity index (χ2v) is 8.87. The molecular weight excluding hydrogens is 396 g/mol. The van der Waals surface area contributed by atoms with Crippen LogP contribution in [0.5, 0.6) is 0 Å². The Kier molecular flexibility index (Phi) is 7.74. The van der Waals surface area contributed by atoms with Gasteiger partial charge in [-0.15, -0.1) is 0 Å². The first kappa shape index (κ1) is 24.3. The van der Waals surface area contributed by atoms with Crippen LogP contribution in [0.3, 0.4) is 0 Å². The van der Waals surface area contributed by atoms with Crippen molar-refractivity contribution in [1.82, 2.24) is 24.4 Å². The van der Waals surface area contributed by atoms with Gasteiger partial charge in [-0.2, -0.15) is 10.4 Å². The lowest BCUT2D eigenvalue weighted by Gasteiger charge is -2.26. The van der Waals surface area contributed by atoms with E-state index in [2.05, 4.69) is 16.2 Å². The largest absolute Gasteiger partial charge is 0.459 e. The summed E-state index contributed by atoms with van der Waals surface area (Å²) < 4.78 is 7.03. The van der Waals surface area contributed by atoms with Crippen molar-refractivity contribution < 1.29 is 14.3 Å². The van der Waals surface area contributed by atoms with Crippen LogP contribution < -0.4 is 0 Å². The number of aryl methyl sites for hydroxylation is 2. The maximum Gasteiger partial charge on any atom is 0.326 e. The highest BCUT2D eigenvalue weighted by Gasteiger charge is 2.23. The Labute approximate surface area is 183 Å². The van der Waals surface area contributed by atoms with E-state index < -0.39 is 11.6 Å². The lowest BCUT2D eigenvalue weighted by atomic mass is 10.1. The van der Waals surface area contributed by atoms with Crippen LogP contribution in [-0.2, 0) is 20.7 Å². The van der Waals surface area contributed by atoms with Crippen molar-refractivity contribution in [2.75, 3.05) is 33.7 Å². The predicted molar refractivity (Wildman–Crippen MR) is 116 cm³/mol. The van der Waals surface area contributed by atoms with Gasteiger partial charge in [0.1, 0.15) is 23.8 Å². The summed E-state index contributed by atoms with van der Waals surface area (Å²) >= 11 is 0. The van der Waals surface area contributed by atoms with Gasteiger partial charge in [0, 0.05) is 30.9 Å². The highest BCUT2D eigenvalue weighted by molar-refractivity contribution is 5.82. The third-order valence-electron chi connectivity index (χ3n) is 4.83. The summed E-state index contributed by atoms with van der Waals surface area (Å²) in [5.41, 5.74) is 2.87. The van der Waals surface area contributed by atoms with Gasteiger partial charge in [0.05, 0.1) is 6.20 Å². The summed E-state index contributed by atoms with van der Waals surface area (Å²) in [4.78, 5) is 33.3. The Bertz CT molecular complexity index is 997. The maximum absolute atomic E-state index is 13.0. The van der Waals surface area contributed by atoms with Crippen molar-refractivity contribution in [2.24, 2.45) is 0 Å². The van der Waals surface area contributed by atoms with E-state index in [-0.39, 0.29) is 18.9 Å². The molecule has 0 atom stereocenters. The third kappa shape index (κ3) is 6.49. The fraction of sp³-hybridized carbons (Fsp3) is 0.591. The van der Waals surface area contributed by atoms with Gasteiger partial charge < -0.3 is 14.5 Å². The molecule has 0 radical (unpaired) electrons. The number of hydrogen-bond acceptors (Lipinski definition) is 7. The zero-order valence-electron chi connectivity index (χ0n) is 19.5. The van der Waals surface area contributed by atoms with Crippen molar-refractivity contribution in [1.29, 1.82) is 5.26 Å². The number of esters is 1. The van der Waals surface area contributed by atoms with Crippen LogP contribution in [0.1, 0.15) is 49.7 Å². The highest BCUT2D eigenvalue weighted by atomic mass is 16.6. The molecule has 0 aromatic carbocycles. The SMILES string of the molecule is Cc1nc2c(C#N)cnn2c(C)c1CCC(=O)N(CCN(C)C)CC(=O)OC(C)(C)C. The van der Waals surface area contributed by atoms with Crippen LogP contribution in [0, 0.1) is 25.2 Å². The number of nitriles is 1. The van der Waals surface area contributed by atoms with E-state index in [0.29, 0.717) is 30.7 Å². The van der Waals surface area contributed by atoms with Gasteiger partial charge in [-0.1, -0.05) is 0 Å². The van der Waals surface area contributed by atoms with Crippen molar-refractivity contribution >= 4 is 17.5 Å². The Morgan fingerprint density at radius 3 is 2.48 bits per heavy atom. The summed E-state index contributed by atoms with van der Waals surface area (Å²) in [6.45, 7) is 10.2. The van der Waals surface area contributed by atoms with E-state index >= 15 is 0 Å². The van der Waals surface area contributed by atoms with E-state index in [4.69, 9.17) is 4.74 Å². The quantitative estimate of drug-likeness (QED) is 0.591. The molecule has 0 saturated heterocycles. The molecule has 31 heavy (non-hydrogen) atoms. The molecule has 0 N–H and O–H groups in total. The molecule has 168 valence electrons. The van der Waals surface area contributed by atoms with Crippen LogP contribution in [0.4, 0.5) is 0 Å². The highest BCUT2D eigenvalue weighted by Crippen LogP contribution is 2.19. The maximum atomic E-state index is 13.0. The number of hydrogen-bond donors (Lipinski definition) is 0. The fourth-order valence-corrected chi connectivity index (χ4v) is 3.28. The molecule has 9 nitrogen and oxygen atoms in total. The molecule has 2 aromatic rings. The third-order valence-corrected chi connectivity index (χ3v) is 4.83. The zero-order valence-corrected chi connectivity index (χ0v) is 19.5. The Morgan fingerprint density at radius 2 is 1.90 bits per heavy atom. The summed E-state index contributed by atoms with van der Waals surface area (Å²) in [6, 6.07) is 2.09.